The van der Waals surface area contributed by atoms with Crippen LogP contribution in [0.4, 0.5) is 11.4 Å². The van der Waals surface area contributed by atoms with E-state index in [1.807, 2.05) is 13.0 Å². The molecule has 0 aliphatic rings. The Morgan fingerprint density at radius 1 is 1.14 bits per heavy atom. The van der Waals surface area contributed by atoms with Crippen molar-refractivity contribution in [2.45, 2.75) is 6.92 Å². The van der Waals surface area contributed by atoms with Gasteiger partial charge in [0.25, 0.3) is 5.91 Å². The fourth-order valence-corrected chi connectivity index (χ4v) is 1.91. The third kappa shape index (κ3) is 3.39. The van der Waals surface area contributed by atoms with Gasteiger partial charge in [0, 0.05) is 11.4 Å². The molecule has 0 fully saturated rings. The van der Waals surface area contributed by atoms with E-state index in [2.05, 4.69) is 10.1 Å². The van der Waals surface area contributed by atoms with Gasteiger partial charge in [0.2, 0.25) is 0 Å². The minimum Gasteiger partial charge on any atom is -0.465 e. The van der Waals surface area contributed by atoms with Gasteiger partial charge in [-0.1, -0.05) is 17.7 Å². The van der Waals surface area contributed by atoms with Crippen LogP contribution >= 0.6 is 0 Å². The van der Waals surface area contributed by atoms with E-state index in [4.69, 9.17) is 5.73 Å². The van der Waals surface area contributed by atoms with E-state index >= 15 is 0 Å². The van der Waals surface area contributed by atoms with Gasteiger partial charge in [-0.2, -0.15) is 0 Å². The molecule has 0 saturated heterocycles. The van der Waals surface area contributed by atoms with Gasteiger partial charge < -0.3 is 15.8 Å². The number of hydrogen-bond donors (Lipinski definition) is 2. The van der Waals surface area contributed by atoms with Crippen molar-refractivity contribution >= 4 is 23.3 Å². The number of amides is 1. The Labute approximate surface area is 122 Å². The van der Waals surface area contributed by atoms with E-state index in [0.717, 1.165) is 5.56 Å². The second-order valence-corrected chi connectivity index (χ2v) is 4.62. The molecule has 0 aliphatic carbocycles. The molecule has 0 bridgehead atoms. The summed E-state index contributed by atoms with van der Waals surface area (Å²) >= 11 is 0. The van der Waals surface area contributed by atoms with Crippen LogP contribution in [0.1, 0.15) is 26.3 Å². The van der Waals surface area contributed by atoms with Crippen molar-refractivity contribution in [3.8, 4) is 0 Å². The molecule has 0 radical (unpaired) electrons. The third-order valence-electron chi connectivity index (χ3n) is 2.99. The average molecular weight is 284 g/mol. The van der Waals surface area contributed by atoms with E-state index in [9.17, 15) is 9.59 Å². The number of carbonyl (C=O) groups is 2. The molecule has 2 rings (SSSR count). The zero-order valence-electron chi connectivity index (χ0n) is 11.8. The Balaban J connectivity index is 2.23. The summed E-state index contributed by atoms with van der Waals surface area (Å²) in [5.74, 6) is -0.778. The molecule has 21 heavy (non-hydrogen) atoms. The first-order chi connectivity index (χ1) is 10.0. The Hall–Kier alpha value is -2.82. The Bertz CT molecular complexity index is 696. The molecule has 0 atom stereocenters. The molecule has 0 spiro atoms. The first-order valence-electron chi connectivity index (χ1n) is 6.37. The standard InChI is InChI=1S/C16H16N2O3/c1-10-6-7-14(17)13(8-10)15(19)18-12-5-3-4-11(9-12)16(20)21-2/h3-9H,17H2,1-2H3,(H,18,19). The van der Waals surface area contributed by atoms with Crippen molar-refractivity contribution in [3.05, 3.63) is 59.2 Å². The number of nitrogens with two attached hydrogens (primary N) is 1. The van der Waals surface area contributed by atoms with Crippen LogP contribution in [-0.2, 0) is 4.74 Å². The fraction of sp³-hybridized carbons (Fsp3) is 0.125. The van der Waals surface area contributed by atoms with Gasteiger partial charge in [0.05, 0.1) is 18.2 Å². The normalized spacial score (nSPS) is 10.0. The van der Waals surface area contributed by atoms with Gasteiger partial charge in [-0.15, -0.1) is 0 Å². The summed E-state index contributed by atoms with van der Waals surface area (Å²) in [7, 11) is 1.31. The van der Waals surface area contributed by atoms with Crippen LogP contribution in [0, 0.1) is 6.92 Å². The molecule has 0 saturated carbocycles. The fourth-order valence-electron chi connectivity index (χ4n) is 1.91. The third-order valence-corrected chi connectivity index (χ3v) is 2.99. The number of methoxy groups -OCH3 is 1. The number of nitrogen functional groups attached to an aromatic ring is 1. The van der Waals surface area contributed by atoms with Gasteiger partial charge in [0.15, 0.2) is 0 Å². The Kier molecular flexibility index (Phi) is 4.23. The second kappa shape index (κ2) is 6.09. The SMILES string of the molecule is COC(=O)c1cccc(NC(=O)c2cc(C)ccc2N)c1. The van der Waals surface area contributed by atoms with Crippen molar-refractivity contribution in [1.82, 2.24) is 0 Å². The molecule has 5 nitrogen and oxygen atoms in total. The number of benzene rings is 2. The number of carbonyl (C=O) groups excluding carboxylic acids is 2. The van der Waals surface area contributed by atoms with E-state index < -0.39 is 5.97 Å². The number of aryl methyl sites for hydroxylation is 1. The molecule has 2 aromatic rings. The van der Waals surface area contributed by atoms with Crippen molar-refractivity contribution in [2.24, 2.45) is 0 Å². The highest BCUT2D eigenvalue weighted by Crippen LogP contribution is 2.17. The van der Waals surface area contributed by atoms with Gasteiger partial charge in [0.1, 0.15) is 0 Å². The van der Waals surface area contributed by atoms with E-state index in [0.29, 0.717) is 22.5 Å². The lowest BCUT2D eigenvalue weighted by molar-refractivity contribution is 0.0600. The van der Waals surface area contributed by atoms with Crippen LogP contribution < -0.4 is 11.1 Å². The largest absolute Gasteiger partial charge is 0.465 e. The van der Waals surface area contributed by atoms with Crippen LogP contribution in [0.2, 0.25) is 0 Å². The molecule has 0 aromatic heterocycles. The van der Waals surface area contributed by atoms with Crippen molar-refractivity contribution in [2.75, 3.05) is 18.2 Å². The molecule has 3 N–H and O–H groups in total. The number of ether oxygens (including phenoxy) is 1. The molecule has 0 heterocycles. The molecule has 0 aliphatic heterocycles. The predicted molar refractivity (Wildman–Crippen MR) is 81.3 cm³/mol. The lowest BCUT2D eigenvalue weighted by Gasteiger charge is -2.09. The topological polar surface area (TPSA) is 81.4 Å². The van der Waals surface area contributed by atoms with Crippen molar-refractivity contribution in [3.63, 3.8) is 0 Å². The molecule has 5 heteroatoms. The van der Waals surface area contributed by atoms with Gasteiger partial charge in [-0.25, -0.2) is 4.79 Å². The highest BCUT2D eigenvalue weighted by atomic mass is 16.5. The van der Waals surface area contributed by atoms with Crippen molar-refractivity contribution < 1.29 is 14.3 Å². The van der Waals surface area contributed by atoms with E-state index in [1.54, 1.807) is 36.4 Å². The molecule has 2 aromatic carbocycles. The highest BCUT2D eigenvalue weighted by molar-refractivity contribution is 6.08. The summed E-state index contributed by atoms with van der Waals surface area (Å²) in [4.78, 5) is 23.7. The van der Waals surface area contributed by atoms with E-state index in [1.165, 1.54) is 7.11 Å². The second-order valence-electron chi connectivity index (χ2n) is 4.62. The summed E-state index contributed by atoms with van der Waals surface area (Å²) in [6, 6.07) is 11.8. The number of nitrogens with one attached hydrogen (secondary N) is 1. The molecular formula is C16H16N2O3. The summed E-state index contributed by atoms with van der Waals surface area (Å²) in [5, 5.41) is 2.72. The smallest absolute Gasteiger partial charge is 0.337 e. The summed E-state index contributed by atoms with van der Waals surface area (Å²) < 4.78 is 4.64. The Morgan fingerprint density at radius 2 is 1.90 bits per heavy atom. The zero-order chi connectivity index (χ0) is 15.4. The maximum Gasteiger partial charge on any atom is 0.337 e. The lowest BCUT2D eigenvalue weighted by Crippen LogP contribution is -2.14. The first-order valence-corrected chi connectivity index (χ1v) is 6.37. The van der Waals surface area contributed by atoms with Gasteiger partial charge in [-0.3, -0.25) is 4.79 Å². The summed E-state index contributed by atoms with van der Waals surface area (Å²) in [5.41, 5.74) is 8.43. The van der Waals surface area contributed by atoms with Gasteiger partial charge in [-0.05, 0) is 37.3 Å². The quantitative estimate of drug-likeness (QED) is 0.670. The summed E-state index contributed by atoms with van der Waals surface area (Å²) in [6.45, 7) is 1.88. The predicted octanol–water partition coefficient (Wildman–Crippen LogP) is 2.62. The Morgan fingerprint density at radius 3 is 2.62 bits per heavy atom. The monoisotopic (exact) mass is 284 g/mol. The highest BCUT2D eigenvalue weighted by Gasteiger charge is 2.12. The number of anilines is 2. The van der Waals surface area contributed by atoms with Gasteiger partial charge >= 0.3 is 5.97 Å². The molecule has 108 valence electrons. The maximum atomic E-state index is 12.2. The number of hydrogen-bond acceptors (Lipinski definition) is 4. The average Bonchev–Trinajstić information content (AvgIpc) is 2.49. The molecular weight excluding hydrogens is 268 g/mol. The first kappa shape index (κ1) is 14.6. The maximum absolute atomic E-state index is 12.2. The number of esters is 1. The minimum absolute atomic E-state index is 0.321. The van der Waals surface area contributed by atoms with E-state index in [-0.39, 0.29) is 5.91 Å². The minimum atomic E-state index is -0.457. The zero-order valence-corrected chi connectivity index (χ0v) is 11.8. The van der Waals surface area contributed by atoms with Crippen LogP contribution in [0.5, 0.6) is 0 Å². The van der Waals surface area contributed by atoms with Crippen LogP contribution in [0.15, 0.2) is 42.5 Å². The number of rotatable bonds is 3. The van der Waals surface area contributed by atoms with Crippen LogP contribution in [0.25, 0.3) is 0 Å². The lowest BCUT2D eigenvalue weighted by atomic mass is 10.1. The van der Waals surface area contributed by atoms with Crippen LogP contribution in [-0.4, -0.2) is 19.0 Å². The van der Waals surface area contributed by atoms with Crippen molar-refractivity contribution in [1.29, 1.82) is 0 Å². The molecule has 0 unspecified atom stereocenters. The van der Waals surface area contributed by atoms with Crippen LogP contribution in [0.3, 0.4) is 0 Å². The summed E-state index contributed by atoms with van der Waals surface area (Å²) in [6.07, 6.45) is 0. The molecule has 1 amide bonds.